The minimum Gasteiger partial charge on any atom is -0.339 e. The van der Waals surface area contributed by atoms with Crippen molar-refractivity contribution in [3.05, 3.63) is 59.2 Å². The van der Waals surface area contributed by atoms with Gasteiger partial charge in [-0.1, -0.05) is 36.4 Å². The summed E-state index contributed by atoms with van der Waals surface area (Å²) in [6.07, 6.45) is 3.01. The Morgan fingerprint density at radius 1 is 1.04 bits per heavy atom. The molecule has 1 aliphatic heterocycles. The molecule has 1 N–H and O–H groups in total. The molecule has 0 radical (unpaired) electrons. The van der Waals surface area contributed by atoms with Gasteiger partial charge in [-0.3, -0.25) is 4.79 Å². The number of fused-ring (bicyclic) bond motifs is 3. The number of benzene rings is 2. The van der Waals surface area contributed by atoms with E-state index in [4.69, 9.17) is 0 Å². The third-order valence-electron chi connectivity index (χ3n) is 5.24. The third-order valence-corrected chi connectivity index (χ3v) is 5.24. The van der Waals surface area contributed by atoms with Crippen LogP contribution >= 0.6 is 0 Å². The lowest BCUT2D eigenvalue weighted by Gasteiger charge is -2.32. The predicted molar refractivity (Wildman–Crippen MR) is 92.7 cm³/mol. The lowest BCUT2D eigenvalue weighted by atomic mass is 9.97. The van der Waals surface area contributed by atoms with Gasteiger partial charge in [-0.05, 0) is 54.6 Å². The molecule has 2 aliphatic rings. The maximum Gasteiger partial charge on any atom is 0.254 e. The number of rotatable bonds is 2. The maximum absolute atomic E-state index is 13.1. The number of nitrogens with one attached hydrogen (secondary N) is 1. The first-order chi connectivity index (χ1) is 11.3. The highest BCUT2D eigenvalue weighted by molar-refractivity contribution is 6.03. The Balaban J connectivity index is 1.67. The van der Waals surface area contributed by atoms with Crippen LogP contribution in [-0.4, -0.2) is 37.0 Å². The number of hydrogen-bond donors (Lipinski definition) is 1. The summed E-state index contributed by atoms with van der Waals surface area (Å²) in [5, 5.41) is 3.32. The molecule has 0 atom stereocenters. The summed E-state index contributed by atoms with van der Waals surface area (Å²) in [5.41, 5.74) is 5.87. The molecule has 2 aromatic carbocycles. The summed E-state index contributed by atoms with van der Waals surface area (Å²) in [5.74, 6) is 0.188. The molecular formula is C20H22N2O. The SMILES string of the molecule is CNC1CCN(C(=O)c2cccc3c2-c2ccccc2C3)CC1. The van der Waals surface area contributed by atoms with Crippen LogP contribution in [0.3, 0.4) is 0 Å². The monoisotopic (exact) mass is 306 g/mol. The average Bonchev–Trinajstić information content (AvgIpc) is 3.00. The number of hydrogen-bond acceptors (Lipinski definition) is 2. The number of amides is 1. The summed E-state index contributed by atoms with van der Waals surface area (Å²) in [6, 6.07) is 15.2. The summed E-state index contributed by atoms with van der Waals surface area (Å²) >= 11 is 0. The van der Waals surface area contributed by atoms with Crippen molar-refractivity contribution < 1.29 is 4.79 Å². The molecule has 3 nitrogen and oxygen atoms in total. The van der Waals surface area contributed by atoms with Crippen molar-refractivity contribution in [2.24, 2.45) is 0 Å². The fraction of sp³-hybridized carbons (Fsp3) is 0.350. The van der Waals surface area contributed by atoms with Gasteiger partial charge in [0, 0.05) is 24.7 Å². The Labute approximate surface area is 137 Å². The molecule has 1 amide bonds. The van der Waals surface area contributed by atoms with Gasteiger partial charge in [0.25, 0.3) is 5.91 Å². The number of nitrogens with zero attached hydrogens (tertiary/aromatic N) is 1. The van der Waals surface area contributed by atoms with E-state index in [1.165, 1.54) is 16.7 Å². The van der Waals surface area contributed by atoms with E-state index >= 15 is 0 Å². The lowest BCUT2D eigenvalue weighted by Crippen LogP contribution is -2.44. The molecule has 1 saturated heterocycles. The first-order valence-electron chi connectivity index (χ1n) is 8.44. The standard InChI is InChI=1S/C20H22N2O/c1-21-16-9-11-22(12-10-16)20(23)18-8-4-6-15-13-14-5-2-3-7-17(14)19(15)18/h2-8,16,21H,9-13H2,1H3. The molecule has 1 fully saturated rings. The van der Waals surface area contributed by atoms with Crippen LogP contribution in [0.15, 0.2) is 42.5 Å². The Kier molecular flexibility index (Phi) is 3.66. The largest absolute Gasteiger partial charge is 0.339 e. The minimum atomic E-state index is 0.188. The molecule has 0 aromatic heterocycles. The maximum atomic E-state index is 13.1. The van der Waals surface area contributed by atoms with E-state index in [0.29, 0.717) is 6.04 Å². The van der Waals surface area contributed by atoms with Crippen molar-refractivity contribution in [2.75, 3.05) is 20.1 Å². The van der Waals surface area contributed by atoms with Crippen molar-refractivity contribution >= 4 is 5.91 Å². The molecule has 0 unspecified atom stereocenters. The second kappa shape index (κ2) is 5.82. The smallest absolute Gasteiger partial charge is 0.254 e. The van der Waals surface area contributed by atoms with Crippen LogP contribution in [0.4, 0.5) is 0 Å². The number of carbonyl (C=O) groups excluding carboxylic acids is 1. The molecule has 2 aromatic rings. The van der Waals surface area contributed by atoms with Crippen molar-refractivity contribution in [1.29, 1.82) is 0 Å². The molecule has 23 heavy (non-hydrogen) atoms. The Hall–Kier alpha value is -2.13. The van der Waals surface area contributed by atoms with Gasteiger partial charge in [-0.2, -0.15) is 0 Å². The van der Waals surface area contributed by atoms with Crippen molar-refractivity contribution in [1.82, 2.24) is 10.2 Å². The Morgan fingerprint density at radius 3 is 2.57 bits per heavy atom. The van der Waals surface area contributed by atoms with Crippen molar-refractivity contribution in [3.8, 4) is 11.1 Å². The van der Waals surface area contributed by atoms with Crippen LogP contribution < -0.4 is 5.32 Å². The molecule has 0 spiro atoms. The molecule has 4 rings (SSSR count). The average molecular weight is 306 g/mol. The van der Waals surface area contributed by atoms with Gasteiger partial charge in [-0.15, -0.1) is 0 Å². The molecule has 1 heterocycles. The van der Waals surface area contributed by atoms with E-state index in [1.54, 1.807) is 0 Å². The second-order valence-corrected chi connectivity index (χ2v) is 6.53. The van der Waals surface area contributed by atoms with Crippen molar-refractivity contribution in [3.63, 3.8) is 0 Å². The van der Waals surface area contributed by atoms with Gasteiger partial charge < -0.3 is 10.2 Å². The fourth-order valence-electron chi connectivity index (χ4n) is 3.91. The quantitative estimate of drug-likeness (QED) is 0.789. The van der Waals surface area contributed by atoms with E-state index in [0.717, 1.165) is 43.5 Å². The zero-order chi connectivity index (χ0) is 15.8. The highest BCUT2D eigenvalue weighted by atomic mass is 16.2. The highest BCUT2D eigenvalue weighted by Crippen LogP contribution is 2.39. The van der Waals surface area contributed by atoms with Crippen LogP contribution in [0.25, 0.3) is 11.1 Å². The number of piperidine rings is 1. The van der Waals surface area contributed by atoms with Gasteiger partial charge >= 0.3 is 0 Å². The molecule has 0 saturated carbocycles. The first-order valence-corrected chi connectivity index (χ1v) is 8.44. The summed E-state index contributed by atoms with van der Waals surface area (Å²) < 4.78 is 0. The Morgan fingerprint density at radius 2 is 1.78 bits per heavy atom. The van der Waals surface area contributed by atoms with E-state index in [9.17, 15) is 4.79 Å². The minimum absolute atomic E-state index is 0.188. The molecular weight excluding hydrogens is 284 g/mol. The summed E-state index contributed by atoms with van der Waals surface area (Å²) in [6.45, 7) is 1.69. The molecule has 0 bridgehead atoms. The van der Waals surface area contributed by atoms with Crippen LogP contribution in [-0.2, 0) is 6.42 Å². The van der Waals surface area contributed by atoms with Crippen LogP contribution in [0.5, 0.6) is 0 Å². The van der Waals surface area contributed by atoms with E-state index in [-0.39, 0.29) is 5.91 Å². The van der Waals surface area contributed by atoms with Gasteiger partial charge in [0.2, 0.25) is 0 Å². The van der Waals surface area contributed by atoms with Crippen molar-refractivity contribution in [2.45, 2.75) is 25.3 Å². The number of carbonyl (C=O) groups is 1. The fourth-order valence-corrected chi connectivity index (χ4v) is 3.91. The summed E-state index contributed by atoms with van der Waals surface area (Å²) in [4.78, 5) is 15.1. The molecule has 3 heteroatoms. The van der Waals surface area contributed by atoms with Crippen LogP contribution in [0.1, 0.15) is 34.3 Å². The predicted octanol–water partition coefficient (Wildman–Crippen LogP) is 3.08. The van der Waals surface area contributed by atoms with E-state index in [2.05, 4.69) is 35.6 Å². The molecule has 1 aliphatic carbocycles. The second-order valence-electron chi connectivity index (χ2n) is 6.53. The lowest BCUT2D eigenvalue weighted by molar-refractivity contribution is 0.0708. The first kappa shape index (κ1) is 14.5. The normalized spacial score (nSPS) is 17.0. The zero-order valence-corrected chi connectivity index (χ0v) is 13.5. The Bertz CT molecular complexity index is 745. The van der Waals surface area contributed by atoms with Crippen LogP contribution in [0, 0.1) is 0 Å². The van der Waals surface area contributed by atoms with Gasteiger partial charge in [0.1, 0.15) is 0 Å². The van der Waals surface area contributed by atoms with Gasteiger partial charge in [0.15, 0.2) is 0 Å². The molecule has 118 valence electrons. The van der Waals surface area contributed by atoms with Crippen LogP contribution in [0.2, 0.25) is 0 Å². The topological polar surface area (TPSA) is 32.3 Å². The zero-order valence-electron chi connectivity index (χ0n) is 13.5. The van der Waals surface area contributed by atoms with E-state index < -0.39 is 0 Å². The van der Waals surface area contributed by atoms with Gasteiger partial charge in [0.05, 0.1) is 0 Å². The van der Waals surface area contributed by atoms with E-state index in [1.807, 2.05) is 24.1 Å². The third kappa shape index (κ3) is 2.45. The highest BCUT2D eigenvalue weighted by Gasteiger charge is 2.28. The van der Waals surface area contributed by atoms with Gasteiger partial charge in [-0.25, -0.2) is 0 Å². The summed E-state index contributed by atoms with van der Waals surface area (Å²) in [7, 11) is 2.00. The number of likely N-dealkylation sites (tertiary alicyclic amines) is 1.